The van der Waals surface area contributed by atoms with Crippen LogP contribution in [0.4, 0.5) is 10.1 Å². The minimum absolute atomic E-state index is 0.0153. The monoisotopic (exact) mass is 526 g/mol. The molecule has 0 radical (unpaired) electrons. The number of carbonyl (C=O) groups is 3. The SMILES string of the molecule is Cc1[nH]c(C=C2C(=O)Nc3ccc(F)cc32)c(C)c1C(=O)NCCC(O)CC(O)CC(=O)N1CCCCC1. The first-order valence-corrected chi connectivity index (χ1v) is 13.1. The molecular formula is C28H35FN4O5. The number of likely N-dealkylation sites (tertiary alicyclic amines) is 1. The fourth-order valence-corrected chi connectivity index (χ4v) is 5.14. The first-order chi connectivity index (χ1) is 18.1. The molecule has 1 aromatic heterocycles. The Balaban J connectivity index is 1.31. The topological polar surface area (TPSA) is 135 Å². The maximum Gasteiger partial charge on any atom is 0.256 e. The van der Waals surface area contributed by atoms with E-state index in [1.54, 1.807) is 24.8 Å². The third-order valence-corrected chi connectivity index (χ3v) is 7.18. The highest BCUT2D eigenvalue weighted by atomic mass is 19.1. The van der Waals surface area contributed by atoms with Crippen LogP contribution in [0, 0.1) is 19.7 Å². The maximum absolute atomic E-state index is 13.8. The van der Waals surface area contributed by atoms with Crippen molar-refractivity contribution in [1.82, 2.24) is 15.2 Å². The van der Waals surface area contributed by atoms with Crippen molar-refractivity contribution in [1.29, 1.82) is 0 Å². The summed E-state index contributed by atoms with van der Waals surface area (Å²) in [5.41, 5.74) is 3.53. The predicted octanol–water partition coefficient (Wildman–Crippen LogP) is 2.90. The standard InChI is InChI=1S/C28H35FN4O5/c1-16-24(15-22-21-12-18(29)6-7-23(21)32-27(22)37)31-17(2)26(16)28(38)30-9-8-19(34)13-20(35)14-25(36)33-10-4-3-5-11-33/h6-7,12,15,19-20,31,34-35H,3-5,8-11,13-14H2,1-2H3,(H,30,38)(H,32,37). The second-order valence-corrected chi connectivity index (χ2v) is 10.1. The summed E-state index contributed by atoms with van der Waals surface area (Å²) < 4.78 is 13.8. The predicted molar refractivity (Wildman–Crippen MR) is 142 cm³/mol. The van der Waals surface area contributed by atoms with Gasteiger partial charge >= 0.3 is 0 Å². The van der Waals surface area contributed by atoms with E-state index in [9.17, 15) is 29.0 Å². The fraction of sp³-hybridized carbons (Fsp3) is 0.464. The van der Waals surface area contributed by atoms with Gasteiger partial charge in [0.1, 0.15) is 5.82 Å². The number of anilines is 1. The van der Waals surface area contributed by atoms with Crippen LogP contribution in [0.1, 0.15) is 71.4 Å². The molecule has 2 unspecified atom stereocenters. The number of piperidine rings is 1. The summed E-state index contributed by atoms with van der Waals surface area (Å²) in [6.45, 7) is 5.12. The first kappa shape index (κ1) is 27.5. The van der Waals surface area contributed by atoms with Crippen molar-refractivity contribution in [2.45, 2.75) is 64.6 Å². The number of rotatable bonds is 9. The molecular weight excluding hydrogens is 491 g/mol. The summed E-state index contributed by atoms with van der Waals surface area (Å²) in [5, 5.41) is 26.0. The Bertz CT molecular complexity index is 1250. The van der Waals surface area contributed by atoms with Crippen LogP contribution in [-0.4, -0.2) is 69.7 Å². The molecule has 0 spiro atoms. The van der Waals surface area contributed by atoms with Gasteiger partial charge in [0, 0.05) is 42.3 Å². The molecule has 2 aromatic rings. The van der Waals surface area contributed by atoms with E-state index >= 15 is 0 Å². The van der Waals surface area contributed by atoms with Gasteiger partial charge in [-0.2, -0.15) is 0 Å². The maximum atomic E-state index is 13.8. The molecule has 0 aliphatic carbocycles. The molecule has 38 heavy (non-hydrogen) atoms. The second kappa shape index (κ2) is 11.9. The van der Waals surface area contributed by atoms with E-state index in [0.717, 1.165) is 32.4 Å². The summed E-state index contributed by atoms with van der Waals surface area (Å²) in [4.78, 5) is 42.5. The molecule has 0 bridgehead atoms. The smallest absolute Gasteiger partial charge is 0.256 e. The number of benzene rings is 1. The summed E-state index contributed by atoms with van der Waals surface area (Å²) in [5.74, 6) is -1.23. The molecule has 1 aromatic carbocycles. The van der Waals surface area contributed by atoms with Crippen molar-refractivity contribution < 1.29 is 29.0 Å². The van der Waals surface area contributed by atoms with E-state index in [-0.39, 0.29) is 43.5 Å². The largest absolute Gasteiger partial charge is 0.393 e. The molecule has 3 amide bonds. The molecule has 9 nitrogen and oxygen atoms in total. The van der Waals surface area contributed by atoms with Crippen molar-refractivity contribution >= 4 is 35.1 Å². The number of hydrogen-bond donors (Lipinski definition) is 5. The highest BCUT2D eigenvalue weighted by Crippen LogP contribution is 2.34. The molecule has 204 valence electrons. The van der Waals surface area contributed by atoms with Gasteiger partial charge in [-0.3, -0.25) is 14.4 Å². The van der Waals surface area contributed by atoms with Crippen LogP contribution >= 0.6 is 0 Å². The Morgan fingerprint density at radius 1 is 1.16 bits per heavy atom. The Kier molecular flexibility index (Phi) is 8.63. The van der Waals surface area contributed by atoms with Crippen LogP contribution in [0.15, 0.2) is 18.2 Å². The second-order valence-electron chi connectivity index (χ2n) is 10.1. The lowest BCUT2D eigenvalue weighted by Gasteiger charge is -2.27. The van der Waals surface area contributed by atoms with Crippen LogP contribution in [0.25, 0.3) is 11.6 Å². The van der Waals surface area contributed by atoms with E-state index in [0.29, 0.717) is 39.3 Å². The molecule has 4 rings (SSSR count). The Hall–Kier alpha value is -3.50. The quantitative estimate of drug-likeness (QED) is 0.320. The van der Waals surface area contributed by atoms with E-state index < -0.39 is 18.0 Å². The molecule has 0 saturated carbocycles. The van der Waals surface area contributed by atoms with Gasteiger partial charge in [0.2, 0.25) is 5.91 Å². The first-order valence-electron chi connectivity index (χ1n) is 13.1. The van der Waals surface area contributed by atoms with Crippen LogP contribution in [0.3, 0.4) is 0 Å². The summed E-state index contributed by atoms with van der Waals surface area (Å²) >= 11 is 0. The number of halogens is 1. The highest BCUT2D eigenvalue weighted by Gasteiger charge is 2.26. The number of nitrogens with one attached hydrogen (secondary N) is 3. The summed E-state index contributed by atoms with van der Waals surface area (Å²) in [6, 6.07) is 4.08. The number of nitrogens with zero attached hydrogens (tertiary/aromatic N) is 1. The van der Waals surface area contributed by atoms with Crippen LogP contribution in [0.2, 0.25) is 0 Å². The number of aliphatic hydroxyl groups is 2. The third-order valence-electron chi connectivity index (χ3n) is 7.18. The Morgan fingerprint density at radius 2 is 1.89 bits per heavy atom. The Labute approximate surface area is 221 Å². The lowest BCUT2D eigenvalue weighted by molar-refractivity contribution is -0.134. The zero-order valence-electron chi connectivity index (χ0n) is 21.8. The van der Waals surface area contributed by atoms with E-state index in [1.807, 2.05) is 0 Å². The van der Waals surface area contributed by atoms with Gasteiger partial charge in [0.15, 0.2) is 0 Å². The minimum atomic E-state index is -0.939. The minimum Gasteiger partial charge on any atom is -0.393 e. The zero-order chi connectivity index (χ0) is 27.4. The van der Waals surface area contributed by atoms with Crippen molar-refractivity contribution in [3.63, 3.8) is 0 Å². The van der Waals surface area contributed by atoms with Crippen LogP contribution < -0.4 is 10.6 Å². The van der Waals surface area contributed by atoms with Crippen molar-refractivity contribution in [2.24, 2.45) is 0 Å². The van der Waals surface area contributed by atoms with Gasteiger partial charge < -0.3 is 30.7 Å². The van der Waals surface area contributed by atoms with E-state index in [2.05, 4.69) is 15.6 Å². The molecule has 2 aliphatic rings. The summed E-state index contributed by atoms with van der Waals surface area (Å²) in [6.07, 6.45) is 3.14. The van der Waals surface area contributed by atoms with E-state index in [4.69, 9.17) is 0 Å². The molecule has 3 heterocycles. The van der Waals surface area contributed by atoms with Crippen LogP contribution in [-0.2, 0) is 9.59 Å². The molecule has 2 aliphatic heterocycles. The Morgan fingerprint density at radius 3 is 2.63 bits per heavy atom. The number of H-pyrrole nitrogens is 1. The van der Waals surface area contributed by atoms with Gasteiger partial charge in [-0.25, -0.2) is 4.39 Å². The van der Waals surface area contributed by atoms with Gasteiger partial charge in [-0.1, -0.05) is 0 Å². The number of aliphatic hydroxyl groups excluding tert-OH is 2. The number of hydrogen-bond acceptors (Lipinski definition) is 5. The van der Waals surface area contributed by atoms with Gasteiger partial charge in [-0.05, 0) is 75.8 Å². The molecule has 1 fully saturated rings. The van der Waals surface area contributed by atoms with Gasteiger partial charge in [0.25, 0.3) is 11.8 Å². The van der Waals surface area contributed by atoms with Crippen molar-refractivity contribution in [2.75, 3.05) is 25.0 Å². The lowest BCUT2D eigenvalue weighted by atomic mass is 10.0. The number of aromatic nitrogens is 1. The molecule has 2 atom stereocenters. The number of aromatic amines is 1. The normalized spacial score (nSPS) is 17.8. The number of amides is 3. The fourth-order valence-electron chi connectivity index (χ4n) is 5.14. The molecule has 5 N–H and O–H groups in total. The molecule has 10 heteroatoms. The molecule has 1 saturated heterocycles. The van der Waals surface area contributed by atoms with Crippen LogP contribution in [0.5, 0.6) is 0 Å². The van der Waals surface area contributed by atoms with E-state index in [1.165, 1.54) is 18.2 Å². The number of fused-ring (bicyclic) bond motifs is 1. The number of carbonyl (C=O) groups excluding carboxylic acids is 3. The lowest BCUT2D eigenvalue weighted by Crippen LogP contribution is -2.38. The van der Waals surface area contributed by atoms with Gasteiger partial charge in [-0.15, -0.1) is 0 Å². The third kappa shape index (κ3) is 6.31. The average molecular weight is 527 g/mol. The average Bonchev–Trinajstić information content (AvgIpc) is 3.33. The number of aryl methyl sites for hydroxylation is 1. The van der Waals surface area contributed by atoms with Crippen molar-refractivity contribution in [3.8, 4) is 0 Å². The van der Waals surface area contributed by atoms with Gasteiger partial charge in [0.05, 0.1) is 29.8 Å². The summed E-state index contributed by atoms with van der Waals surface area (Å²) in [7, 11) is 0. The zero-order valence-corrected chi connectivity index (χ0v) is 21.8. The van der Waals surface area contributed by atoms with Crippen molar-refractivity contribution in [3.05, 3.63) is 52.1 Å². The highest BCUT2D eigenvalue weighted by molar-refractivity contribution is 6.34.